The largest absolute Gasteiger partial charge is 0.378 e. The standard InChI is InChI=1S/C25H34N4O/c1-28(2)22-14-12-20(13-15-22)24(29-17-16-19-8-6-7-11-23(19)29)18-26-25(30)27-21-9-4-3-5-10-21/h6-8,11-15,21,24H,3-5,9-10,16-18H2,1-2H3,(H2,26,27,30)/t24-/m1/s1. The molecule has 2 aromatic carbocycles. The van der Waals surface area contributed by atoms with Crippen molar-refractivity contribution in [2.45, 2.75) is 50.6 Å². The van der Waals surface area contributed by atoms with E-state index in [1.54, 1.807) is 0 Å². The van der Waals surface area contributed by atoms with Crippen LogP contribution in [0.15, 0.2) is 48.5 Å². The van der Waals surface area contributed by atoms with Gasteiger partial charge in [-0.25, -0.2) is 4.79 Å². The number of nitrogens with one attached hydrogen (secondary N) is 2. The second-order valence-electron chi connectivity index (χ2n) is 8.76. The quantitative estimate of drug-likeness (QED) is 0.743. The zero-order chi connectivity index (χ0) is 20.9. The SMILES string of the molecule is CN(C)c1ccc([C@@H](CNC(=O)NC2CCCCC2)N2CCc3ccccc32)cc1. The average molecular weight is 407 g/mol. The van der Waals surface area contributed by atoms with E-state index in [1.807, 2.05) is 0 Å². The molecule has 1 heterocycles. The van der Waals surface area contributed by atoms with Gasteiger partial charge in [0.15, 0.2) is 0 Å². The van der Waals surface area contributed by atoms with Crippen LogP contribution in [0, 0.1) is 0 Å². The number of carbonyl (C=O) groups is 1. The third-order valence-electron chi connectivity index (χ3n) is 6.49. The van der Waals surface area contributed by atoms with Crippen molar-refractivity contribution in [3.05, 3.63) is 59.7 Å². The van der Waals surface area contributed by atoms with Crippen LogP contribution in [0.4, 0.5) is 16.2 Å². The molecule has 1 aliphatic carbocycles. The van der Waals surface area contributed by atoms with Crippen LogP contribution < -0.4 is 20.4 Å². The van der Waals surface area contributed by atoms with Gasteiger partial charge in [-0.2, -0.15) is 0 Å². The number of amides is 2. The maximum absolute atomic E-state index is 12.6. The molecule has 2 aromatic rings. The van der Waals surface area contributed by atoms with E-state index < -0.39 is 0 Å². The van der Waals surface area contributed by atoms with Gasteiger partial charge < -0.3 is 20.4 Å². The molecule has 0 bridgehead atoms. The first-order valence-corrected chi connectivity index (χ1v) is 11.3. The lowest BCUT2D eigenvalue weighted by atomic mass is 9.96. The minimum Gasteiger partial charge on any atom is -0.378 e. The zero-order valence-corrected chi connectivity index (χ0v) is 18.2. The van der Waals surface area contributed by atoms with E-state index in [4.69, 9.17) is 0 Å². The lowest BCUT2D eigenvalue weighted by molar-refractivity contribution is 0.232. The van der Waals surface area contributed by atoms with Gasteiger partial charge in [-0.05, 0) is 48.6 Å². The summed E-state index contributed by atoms with van der Waals surface area (Å²) in [5.41, 5.74) is 5.09. The minimum absolute atomic E-state index is 0.0377. The second-order valence-corrected chi connectivity index (χ2v) is 8.76. The Morgan fingerprint density at radius 1 is 1.07 bits per heavy atom. The number of para-hydroxylation sites is 1. The smallest absolute Gasteiger partial charge is 0.315 e. The van der Waals surface area contributed by atoms with Crippen molar-refractivity contribution in [1.82, 2.24) is 10.6 Å². The summed E-state index contributed by atoms with van der Waals surface area (Å²) in [6.07, 6.45) is 6.98. The molecule has 4 rings (SSSR count). The van der Waals surface area contributed by atoms with Crippen molar-refractivity contribution in [3.63, 3.8) is 0 Å². The summed E-state index contributed by atoms with van der Waals surface area (Å²) in [5.74, 6) is 0. The van der Waals surface area contributed by atoms with Gasteiger partial charge in [-0.3, -0.25) is 0 Å². The summed E-state index contributed by atoms with van der Waals surface area (Å²) < 4.78 is 0. The van der Waals surface area contributed by atoms with Gasteiger partial charge in [0.05, 0.1) is 6.04 Å². The molecule has 1 atom stereocenters. The Morgan fingerprint density at radius 3 is 2.53 bits per heavy atom. The zero-order valence-electron chi connectivity index (χ0n) is 18.2. The molecule has 5 heteroatoms. The molecule has 1 saturated carbocycles. The molecule has 0 unspecified atom stereocenters. The Bertz CT molecular complexity index is 842. The molecule has 1 aliphatic heterocycles. The summed E-state index contributed by atoms with van der Waals surface area (Å²) in [6, 6.07) is 17.7. The van der Waals surface area contributed by atoms with Crippen molar-refractivity contribution in [2.24, 2.45) is 0 Å². The van der Waals surface area contributed by atoms with Crippen LogP contribution in [0.25, 0.3) is 0 Å². The van der Waals surface area contributed by atoms with Crippen LogP contribution in [-0.4, -0.2) is 39.3 Å². The lowest BCUT2D eigenvalue weighted by Gasteiger charge is -2.32. The first-order valence-electron chi connectivity index (χ1n) is 11.3. The highest BCUT2D eigenvalue weighted by atomic mass is 16.2. The predicted octanol–water partition coefficient (Wildman–Crippen LogP) is 4.49. The molecular weight excluding hydrogens is 372 g/mol. The fourth-order valence-corrected chi connectivity index (χ4v) is 4.76. The Morgan fingerprint density at radius 2 is 1.80 bits per heavy atom. The van der Waals surface area contributed by atoms with E-state index in [1.165, 1.54) is 41.8 Å². The average Bonchev–Trinajstić information content (AvgIpc) is 3.19. The second kappa shape index (κ2) is 9.41. The van der Waals surface area contributed by atoms with Gasteiger partial charge in [0.1, 0.15) is 0 Å². The monoisotopic (exact) mass is 406 g/mol. The van der Waals surface area contributed by atoms with Crippen molar-refractivity contribution in [2.75, 3.05) is 37.0 Å². The van der Waals surface area contributed by atoms with Crippen molar-refractivity contribution in [1.29, 1.82) is 0 Å². The summed E-state index contributed by atoms with van der Waals surface area (Å²) in [5, 5.41) is 6.36. The lowest BCUT2D eigenvalue weighted by Crippen LogP contribution is -2.46. The Kier molecular flexibility index (Phi) is 6.46. The molecule has 2 N–H and O–H groups in total. The molecule has 0 saturated heterocycles. The van der Waals surface area contributed by atoms with Crippen molar-refractivity contribution in [3.8, 4) is 0 Å². The Hall–Kier alpha value is -2.69. The van der Waals surface area contributed by atoms with E-state index in [9.17, 15) is 4.79 Å². The molecule has 160 valence electrons. The van der Waals surface area contributed by atoms with E-state index in [-0.39, 0.29) is 12.1 Å². The van der Waals surface area contributed by atoms with E-state index in [0.717, 1.165) is 25.8 Å². The van der Waals surface area contributed by atoms with Crippen molar-refractivity contribution >= 4 is 17.4 Å². The first-order chi connectivity index (χ1) is 14.6. The number of urea groups is 1. The number of nitrogens with zero attached hydrogens (tertiary/aromatic N) is 2. The number of hydrogen-bond acceptors (Lipinski definition) is 3. The van der Waals surface area contributed by atoms with Crippen LogP contribution in [0.3, 0.4) is 0 Å². The Balaban J connectivity index is 1.49. The summed E-state index contributed by atoms with van der Waals surface area (Å²) in [6.45, 7) is 1.57. The van der Waals surface area contributed by atoms with Crippen LogP contribution in [0.1, 0.15) is 49.3 Å². The number of carbonyl (C=O) groups excluding carboxylic acids is 1. The normalized spacial score (nSPS) is 17.3. The van der Waals surface area contributed by atoms with E-state index in [2.05, 4.69) is 83.1 Å². The van der Waals surface area contributed by atoms with Crippen molar-refractivity contribution < 1.29 is 4.79 Å². The number of rotatable bonds is 6. The fourth-order valence-electron chi connectivity index (χ4n) is 4.76. The summed E-state index contributed by atoms with van der Waals surface area (Å²) in [7, 11) is 4.11. The van der Waals surface area contributed by atoms with E-state index >= 15 is 0 Å². The van der Waals surface area contributed by atoms with Crippen LogP contribution >= 0.6 is 0 Å². The fraction of sp³-hybridized carbons (Fsp3) is 0.480. The predicted molar refractivity (Wildman–Crippen MR) is 124 cm³/mol. The molecule has 2 aliphatic rings. The molecule has 2 amide bonds. The third kappa shape index (κ3) is 4.72. The number of benzene rings is 2. The maximum Gasteiger partial charge on any atom is 0.315 e. The Labute approximate surface area is 180 Å². The van der Waals surface area contributed by atoms with Crippen LogP contribution in [-0.2, 0) is 6.42 Å². The van der Waals surface area contributed by atoms with Crippen LogP contribution in [0.2, 0.25) is 0 Å². The van der Waals surface area contributed by atoms with E-state index in [0.29, 0.717) is 12.6 Å². The highest BCUT2D eigenvalue weighted by molar-refractivity contribution is 5.74. The van der Waals surface area contributed by atoms with Gasteiger partial charge in [-0.15, -0.1) is 0 Å². The highest BCUT2D eigenvalue weighted by Gasteiger charge is 2.27. The molecular formula is C25H34N4O. The molecule has 0 aromatic heterocycles. The summed E-state index contributed by atoms with van der Waals surface area (Å²) in [4.78, 5) is 17.2. The van der Waals surface area contributed by atoms with Gasteiger partial charge >= 0.3 is 6.03 Å². The van der Waals surface area contributed by atoms with Gasteiger partial charge in [-0.1, -0.05) is 49.6 Å². The molecule has 0 spiro atoms. The van der Waals surface area contributed by atoms with Gasteiger partial charge in [0.25, 0.3) is 0 Å². The third-order valence-corrected chi connectivity index (χ3v) is 6.49. The number of anilines is 2. The number of hydrogen-bond donors (Lipinski definition) is 2. The van der Waals surface area contributed by atoms with Gasteiger partial charge in [0, 0.05) is 44.6 Å². The topological polar surface area (TPSA) is 47.6 Å². The molecule has 5 nitrogen and oxygen atoms in total. The summed E-state index contributed by atoms with van der Waals surface area (Å²) >= 11 is 0. The molecule has 30 heavy (non-hydrogen) atoms. The minimum atomic E-state index is -0.0377. The van der Waals surface area contributed by atoms with Crippen LogP contribution in [0.5, 0.6) is 0 Å². The first kappa shape index (κ1) is 20.6. The molecule has 1 fully saturated rings. The number of fused-ring (bicyclic) bond motifs is 1. The maximum atomic E-state index is 12.6. The van der Waals surface area contributed by atoms with Gasteiger partial charge in [0.2, 0.25) is 0 Å². The highest BCUT2D eigenvalue weighted by Crippen LogP contribution is 2.35. The molecule has 0 radical (unpaired) electrons.